The minimum Gasteiger partial charge on any atom is -0.493 e. The van der Waals surface area contributed by atoms with Crippen LogP contribution < -0.4 is 9.47 Å². The molecule has 0 unspecified atom stereocenters. The third-order valence-electron chi connectivity index (χ3n) is 4.73. The third-order valence-corrected chi connectivity index (χ3v) is 4.73. The van der Waals surface area contributed by atoms with Gasteiger partial charge in [-0.15, -0.1) is 0 Å². The molecule has 2 amide bonds. The molecule has 26 heavy (non-hydrogen) atoms. The number of hydrogen-bond donors (Lipinski definition) is 0. The molecule has 0 atom stereocenters. The first-order chi connectivity index (χ1) is 12.5. The van der Waals surface area contributed by atoms with Crippen LogP contribution in [-0.2, 0) is 16.0 Å². The number of rotatable bonds is 6. The van der Waals surface area contributed by atoms with E-state index in [2.05, 4.69) is 0 Å². The maximum atomic E-state index is 12.6. The van der Waals surface area contributed by atoms with Crippen molar-refractivity contribution in [1.82, 2.24) is 9.80 Å². The van der Waals surface area contributed by atoms with Gasteiger partial charge >= 0.3 is 0 Å². The van der Waals surface area contributed by atoms with E-state index in [4.69, 9.17) is 9.47 Å². The third kappa shape index (κ3) is 5.13. The van der Waals surface area contributed by atoms with Crippen molar-refractivity contribution in [3.05, 3.63) is 23.8 Å². The summed E-state index contributed by atoms with van der Waals surface area (Å²) in [5.74, 6) is 1.67. The highest BCUT2D eigenvalue weighted by Gasteiger charge is 2.23. The van der Waals surface area contributed by atoms with E-state index in [1.165, 1.54) is 0 Å². The number of aryl methyl sites for hydroxylation is 1. The number of methoxy groups -OCH3 is 2. The van der Waals surface area contributed by atoms with Gasteiger partial charge in [0.25, 0.3) is 0 Å². The number of nitrogens with zero attached hydrogens (tertiary/aromatic N) is 2. The van der Waals surface area contributed by atoms with E-state index in [1.54, 1.807) is 14.2 Å². The molecular formula is C20H30N2O4. The van der Waals surface area contributed by atoms with Crippen molar-refractivity contribution < 1.29 is 19.1 Å². The van der Waals surface area contributed by atoms with Crippen molar-refractivity contribution in [2.24, 2.45) is 5.92 Å². The lowest BCUT2D eigenvalue weighted by Crippen LogP contribution is -2.39. The Hall–Kier alpha value is -2.24. The maximum Gasteiger partial charge on any atom is 0.225 e. The fourth-order valence-corrected chi connectivity index (χ4v) is 3.20. The molecule has 0 bridgehead atoms. The van der Waals surface area contributed by atoms with E-state index >= 15 is 0 Å². The number of benzene rings is 1. The van der Waals surface area contributed by atoms with E-state index in [1.807, 2.05) is 41.8 Å². The maximum absolute atomic E-state index is 12.6. The normalized spacial score (nSPS) is 15.0. The molecular weight excluding hydrogens is 332 g/mol. The van der Waals surface area contributed by atoms with Crippen molar-refractivity contribution in [1.29, 1.82) is 0 Å². The van der Waals surface area contributed by atoms with Crippen LogP contribution in [0.25, 0.3) is 0 Å². The molecule has 2 rings (SSSR count). The highest BCUT2D eigenvalue weighted by molar-refractivity contribution is 5.79. The molecule has 6 heteroatoms. The summed E-state index contributed by atoms with van der Waals surface area (Å²) in [6.07, 6.45) is 1.94. The van der Waals surface area contributed by atoms with Crippen LogP contribution in [0.4, 0.5) is 0 Å². The molecule has 1 aromatic carbocycles. The molecule has 0 aromatic heterocycles. The van der Waals surface area contributed by atoms with Crippen molar-refractivity contribution in [3.63, 3.8) is 0 Å². The number of ether oxygens (including phenoxy) is 2. The highest BCUT2D eigenvalue weighted by Crippen LogP contribution is 2.28. The van der Waals surface area contributed by atoms with Gasteiger partial charge in [-0.2, -0.15) is 0 Å². The van der Waals surface area contributed by atoms with Crippen LogP contribution in [-0.4, -0.2) is 62.0 Å². The van der Waals surface area contributed by atoms with Crippen molar-refractivity contribution in [2.45, 2.75) is 33.1 Å². The van der Waals surface area contributed by atoms with E-state index < -0.39 is 0 Å². The predicted octanol–water partition coefficient (Wildman–Crippen LogP) is 2.35. The van der Waals surface area contributed by atoms with E-state index in [0.717, 1.165) is 18.5 Å². The van der Waals surface area contributed by atoms with Crippen LogP contribution in [0.2, 0.25) is 0 Å². The number of carbonyl (C=O) groups excluding carboxylic acids is 2. The molecule has 1 aliphatic rings. The largest absolute Gasteiger partial charge is 0.493 e. The van der Waals surface area contributed by atoms with Gasteiger partial charge in [-0.3, -0.25) is 9.59 Å². The molecule has 0 N–H and O–H groups in total. The van der Waals surface area contributed by atoms with Crippen molar-refractivity contribution in [2.75, 3.05) is 40.4 Å². The lowest BCUT2D eigenvalue weighted by atomic mass is 10.1. The highest BCUT2D eigenvalue weighted by atomic mass is 16.5. The quantitative estimate of drug-likeness (QED) is 0.779. The Balaban J connectivity index is 1.89. The summed E-state index contributed by atoms with van der Waals surface area (Å²) in [6, 6.07) is 5.73. The zero-order valence-corrected chi connectivity index (χ0v) is 16.3. The molecule has 0 saturated carbocycles. The molecule has 1 heterocycles. The first-order valence-corrected chi connectivity index (χ1v) is 9.23. The van der Waals surface area contributed by atoms with Gasteiger partial charge in [-0.25, -0.2) is 0 Å². The van der Waals surface area contributed by atoms with Crippen molar-refractivity contribution >= 4 is 11.8 Å². The van der Waals surface area contributed by atoms with Gasteiger partial charge in [0, 0.05) is 38.5 Å². The Labute approximate surface area is 156 Å². The summed E-state index contributed by atoms with van der Waals surface area (Å²) >= 11 is 0. The Bertz CT molecular complexity index is 630. The van der Waals surface area contributed by atoms with Crippen molar-refractivity contribution in [3.8, 4) is 11.5 Å². The first-order valence-electron chi connectivity index (χ1n) is 9.23. The van der Waals surface area contributed by atoms with Gasteiger partial charge in [0.15, 0.2) is 11.5 Å². The summed E-state index contributed by atoms with van der Waals surface area (Å²) < 4.78 is 10.6. The SMILES string of the molecule is COc1ccc(CCC(=O)N2CCCN(C(=O)C(C)C)CC2)cc1OC. The molecule has 6 nitrogen and oxygen atoms in total. The van der Waals surface area contributed by atoms with Gasteiger partial charge < -0.3 is 19.3 Å². The number of amides is 2. The monoisotopic (exact) mass is 362 g/mol. The van der Waals surface area contributed by atoms with E-state index in [-0.39, 0.29) is 17.7 Å². The predicted molar refractivity (Wildman–Crippen MR) is 100 cm³/mol. The standard InChI is InChI=1S/C20H30N2O4/c1-15(2)20(24)22-11-5-10-21(12-13-22)19(23)9-7-16-6-8-17(25-3)18(14-16)26-4/h6,8,14-15H,5,7,9-13H2,1-4H3. The van der Waals surface area contributed by atoms with Gasteiger partial charge in [-0.05, 0) is 30.5 Å². The van der Waals surface area contributed by atoms with Gasteiger partial charge in [0.1, 0.15) is 0 Å². The Morgan fingerprint density at radius 2 is 1.65 bits per heavy atom. The van der Waals surface area contributed by atoms with Crippen LogP contribution in [0.15, 0.2) is 18.2 Å². The molecule has 0 radical (unpaired) electrons. The van der Waals surface area contributed by atoms with Crippen LogP contribution in [0.1, 0.15) is 32.3 Å². The second kappa shape index (κ2) is 9.46. The topological polar surface area (TPSA) is 59.1 Å². The Morgan fingerprint density at radius 1 is 1.00 bits per heavy atom. The second-order valence-corrected chi connectivity index (χ2v) is 6.90. The van der Waals surface area contributed by atoms with E-state index in [9.17, 15) is 9.59 Å². The molecule has 144 valence electrons. The zero-order chi connectivity index (χ0) is 19.1. The van der Waals surface area contributed by atoms with Gasteiger partial charge in [-0.1, -0.05) is 19.9 Å². The average molecular weight is 362 g/mol. The molecule has 1 aliphatic heterocycles. The first kappa shape index (κ1) is 20.1. The fraction of sp³-hybridized carbons (Fsp3) is 0.600. The number of hydrogen-bond acceptors (Lipinski definition) is 4. The molecule has 1 saturated heterocycles. The summed E-state index contributed by atoms with van der Waals surface area (Å²) in [6.45, 7) is 6.52. The lowest BCUT2D eigenvalue weighted by molar-refractivity contribution is -0.135. The summed E-state index contributed by atoms with van der Waals surface area (Å²) in [5.41, 5.74) is 1.04. The lowest BCUT2D eigenvalue weighted by Gasteiger charge is -2.23. The fourth-order valence-electron chi connectivity index (χ4n) is 3.20. The Morgan fingerprint density at radius 3 is 2.31 bits per heavy atom. The average Bonchev–Trinajstić information content (AvgIpc) is 2.91. The van der Waals surface area contributed by atoms with Gasteiger partial charge in [0.05, 0.1) is 14.2 Å². The smallest absolute Gasteiger partial charge is 0.225 e. The van der Waals surface area contributed by atoms with Crippen LogP contribution in [0.5, 0.6) is 11.5 Å². The number of carbonyl (C=O) groups is 2. The van der Waals surface area contributed by atoms with Gasteiger partial charge in [0.2, 0.25) is 11.8 Å². The summed E-state index contributed by atoms with van der Waals surface area (Å²) in [4.78, 5) is 28.5. The second-order valence-electron chi connectivity index (χ2n) is 6.90. The zero-order valence-electron chi connectivity index (χ0n) is 16.3. The minimum absolute atomic E-state index is 0.00213. The molecule has 1 aromatic rings. The summed E-state index contributed by atoms with van der Waals surface area (Å²) in [5, 5.41) is 0. The van der Waals surface area contributed by atoms with E-state index in [0.29, 0.717) is 44.0 Å². The van der Waals surface area contributed by atoms with Crippen LogP contribution >= 0.6 is 0 Å². The minimum atomic E-state index is 0.00213. The summed E-state index contributed by atoms with van der Waals surface area (Å²) in [7, 11) is 3.21. The molecule has 0 aliphatic carbocycles. The molecule has 1 fully saturated rings. The molecule has 0 spiro atoms. The Kier molecular flexibility index (Phi) is 7.30. The van der Waals surface area contributed by atoms with Crippen LogP contribution in [0, 0.1) is 5.92 Å². The van der Waals surface area contributed by atoms with Crippen LogP contribution in [0.3, 0.4) is 0 Å².